The summed E-state index contributed by atoms with van der Waals surface area (Å²) in [7, 11) is 0. The molecule has 1 N–H and O–H groups in total. The Morgan fingerprint density at radius 1 is 1.00 bits per heavy atom. The third-order valence-electron chi connectivity index (χ3n) is 5.12. The Balaban J connectivity index is 1.71. The molecule has 2 aliphatic rings. The fourth-order valence-corrected chi connectivity index (χ4v) is 3.73. The van der Waals surface area contributed by atoms with Crippen molar-refractivity contribution in [2.45, 2.75) is 52.9 Å². The van der Waals surface area contributed by atoms with Gasteiger partial charge in [-0.05, 0) is 43.6 Å². The Labute approximate surface area is 132 Å². The van der Waals surface area contributed by atoms with Gasteiger partial charge in [0.25, 0.3) is 0 Å². The van der Waals surface area contributed by atoms with Gasteiger partial charge in [-0.25, -0.2) is 0 Å². The second kappa shape index (κ2) is 8.50. The van der Waals surface area contributed by atoms with Crippen molar-refractivity contribution in [3.05, 3.63) is 0 Å². The summed E-state index contributed by atoms with van der Waals surface area (Å²) in [6.07, 6.45) is 6.84. The van der Waals surface area contributed by atoms with Crippen molar-refractivity contribution in [3.63, 3.8) is 0 Å². The zero-order valence-electron chi connectivity index (χ0n) is 14.7. The smallest absolute Gasteiger partial charge is 0.0110 e. The van der Waals surface area contributed by atoms with Gasteiger partial charge in [-0.2, -0.15) is 0 Å². The maximum absolute atomic E-state index is 3.66. The molecule has 124 valence electrons. The van der Waals surface area contributed by atoms with Gasteiger partial charge in [-0.1, -0.05) is 27.2 Å². The van der Waals surface area contributed by atoms with Crippen molar-refractivity contribution >= 4 is 0 Å². The largest absolute Gasteiger partial charge is 0.316 e. The molecule has 0 bridgehead atoms. The predicted octanol–water partition coefficient (Wildman–Crippen LogP) is 2.82. The Kier molecular flexibility index (Phi) is 6.97. The van der Waals surface area contributed by atoms with Crippen LogP contribution in [0.2, 0.25) is 0 Å². The molecule has 0 aromatic heterocycles. The first-order chi connectivity index (χ1) is 10.1. The fraction of sp³-hybridized carbons (Fsp3) is 1.00. The van der Waals surface area contributed by atoms with E-state index in [0.29, 0.717) is 5.41 Å². The molecule has 0 amide bonds. The Hall–Kier alpha value is -0.120. The highest BCUT2D eigenvalue weighted by molar-refractivity contribution is 4.85. The van der Waals surface area contributed by atoms with Gasteiger partial charge in [0.15, 0.2) is 0 Å². The van der Waals surface area contributed by atoms with E-state index in [2.05, 4.69) is 35.9 Å². The van der Waals surface area contributed by atoms with Crippen LogP contribution in [-0.4, -0.2) is 62.2 Å². The first-order valence-electron chi connectivity index (χ1n) is 9.30. The molecule has 1 heterocycles. The number of piperazine rings is 1. The molecule has 3 heteroatoms. The molecule has 1 saturated heterocycles. The lowest BCUT2D eigenvalue weighted by Gasteiger charge is -2.40. The van der Waals surface area contributed by atoms with Crippen LogP contribution >= 0.6 is 0 Å². The molecule has 2 rings (SSSR count). The SMILES string of the molecule is CCCNCC(C)(CCC)CN1CCN(CC2CC2)CC1. The number of nitrogens with zero attached hydrogens (tertiary/aromatic N) is 2. The van der Waals surface area contributed by atoms with E-state index < -0.39 is 0 Å². The molecule has 3 nitrogen and oxygen atoms in total. The monoisotopic (exact) mass is 295 g/mol. The topological polar surface area (TPSA) is 18.5 Å². The molecule has 1 aliphatic carbocycles. The molecule has 0 aromatic rings. The third-order valence-corrected chi connectivity index (χ3v) is 5.12. The molecule has 1 aliphatic heterocycles. The molecule has 21 heavy (non-hydrogen) atoms. The van der Waals surface area contributed by atoms with Crippen LogP contribution in [0.3, 0.4) is 0 Å². The lowest BCUT2D eigenvalue weighted by molar-refractivity contribution is 0.0837. The van der Waals surface area contributed by atoms with E-state index in [4.69, 9.17) is 0 Å². The molecule has 0 radical (unpaired) electrons. The van der Waals surface area contributed by atoms with Gasteiger partial charge < -0.3 is 15.1 Å². The van der Waals surface area contributed by atoms with Crippen molar-refractivity contribution in [2.75, 3.05) is 52.4 Å². The summed E-state index contributed by atoms with van der Waals surface area (Å²) in [6, 6.07) is 0. The normalized spacial score (nSPS) is 24.1. The minimum absolute atomic E-state index is 0.447. The molecule has 1 unspecified atom stereocenters. The highest BCUT2D eigenvalue weighted by Gasteiger charge is 2.30. The summed E-state index contributed by atoms with van der Waals surface area (Å²) in [4.78, 5) is 5.41. The van der Waals surface area contributed by atoms with Gasteiger partial charge in [0.05, 0.1) is 0 Å². The second-order valence-electron chi connectivity index (χ2n) is 7.76. The Morgan fingerprint density at radius 2 is 1.67 bits per heavy atom. The van der Waals surface area contributed by atoms with Crippen LogP contribution in [0.15, 0.2) is 0 Å². The van der Waals surface area contributed by atoms with Crippen molar-refractivity contribution in [2.24, 2.45) is 11.3 Å². The van der Waals surface area contributed by atoms with Crippen LogP contribution in [0.4, 0.5) is 0 Å². The maximum Gasteiger partial charge on any atom is 0.0110 e. The molecule has 0 aromatic carbocycles. The van der Waals surface area contributed by atoms with Crippen molar-refractivity contribution in [1.82, 2.24) is 15.1 Å². The summed E-state index contributed by atoms with van der Waals surface area (Å²) in [5.74, 6) is 1.04. The van der Waals surface area contributed by atoms with Crippen molar-refractivity contribution < 1.29 is 0 Å². The number of hydrogen-bond acceptors (Lipinski definition) is 3. The first kappa shape index (κ1) is 17.2. The van der Waals surface area contributed by atoms with E-state index in [9.17, 15) is 0 Å². The summed E-state index contributed by atoms with van der Waals surface area (Å²) in [6.45, 7) is 17.2. The van der Waals surface area contributed by atoms with Crippen LogP contribution in [0.5, 0.6) is 0 Å². The highest BCUT2D eigenvalue weighted by atomic mass is 15.3. The molecule has 1 saturated carbocycles. The van der Waals surface area contributed by atoms with E-state index in [-0.39, 0.29) is 0 Å². The quantitative estimate of drug-likeness (QED) is 0.625. The van der Waals surface area contributed by atoms with Gasteiger partial charge in [0.2, 0.25) is 0 Å². The molecular weight excluding hydrogens is 258 g/mol. The zero-order chi connectivity index (χ0) is 15.1. The Bertz CT molecular complexity index is 282. The van der Waals surface area contributed by atoms with Crippen LogP contribution < -0.4 is 5.32 Å². The minimum atomic E-state index is 0.447. The summed E-state index contributed by atoms with van der Waals surface area (Å²) in [5, 5.41) is 3.66. The zero-order valence-corrected chi connectivity index (χ0v) is 14.7. The number of rotatable bonds is 10. The average molecular weight is 296 g/mol. The number of nitrogens with one attached hydrogen (secondary N) is 1. The number of hydrogen-bond donors (Lipinski definition) is 1. The van der Waals surface area contributed by atoms with Gasteiger partial charge in [0.1, 0.15) is 0 Å². The van der Waals surface area contributed by atoms with E-state index in [1.165, 1.54) is 77.9 Å². The van der Waals surface area contributed by atoms with E-state index in [0.717, 1.165) is 12.5 Å². The first-order valence-corrected chi connectivity index (χ1v) is 9.30. The summed E-state index contributed by atoms with van der Waals surface area (Å²) < 4.78 is 0. The molecular formula is C18H37N3. The van der Waals surface area contributed by atoms with E-state index in [1.807, 2.05) is 0 Å². The van der Waals surface area contributed by atoms with Crippen LogP contribution in [-0.2, 0) is 0 Å². The Morgan fingerprint density at radius 3 is 2.24 bits per heavy atom. The average Bonchev–Trinajstić information content (AvgIpc) is 3.26. The van der Waals surface area contributed by atoms with Crippen molar-refractivity contribution in [1.29, 1.82) is 0 Å². The fourth-order valence-electron chi connectivity index (χ4n) is 3.73. The van der Waals surface area contributed by atoms with Gasteiger partial charge in [0, 0.05) is 45.8 Å². The van der Waals surface area contributed by atoms with Crippen LogP contribution in [0.25, 0.3) is 0 Å². The second-order valence-corrected chi connectivity index (χ2v) is 7.76. The predicted molar refractivity (Wildman–Crippen MR) is 91.8 cm³/mol. The van der Waals surface area contributed by atoms with E-state index >= 15 is 0 Å². The van der Waals surface area contributed by atoms with Gasteiger partial charge in [-0.15, -0.1) is 0 Å². The standard InChI is InChI=1S/C18H37N3/c1-4-8-18(3,15-19-9-5-2)16-21-12-10-20(11-13-21)14-17-6-7-17/h17,19H,4-16H2,1-3H3. The minimum Gasteiger partial charge on any atom is -0.316 e. The maximum atomic E-state index is 3.66. The highest BCUT2D eigenvalue weighted by Crippen LogP contribution is 2.30. The van der Waals surface area contributed by atoms with Crippen molar-refractivity contribution in [3.8, 4) is 0 Å². The van der Waals surface area contributed by atoms with E-state index in [1.54, 1.807) is 0 Å². The van der Waals surface area contributed by atoms with Crippen LogP contribution in [0.1, 0.15) is 52.9 Å². The lowest BCUT2D eigenvalue weighted by atomic mass is 9.84. The summed E-state index contributed by atoms with van der Waals surface area (Å²) >= 11 is 0. The molecule has 1 atom stereocenters. The third kappa shape index (κ3) is 6.25. The molecule has 0 spiro atoms. The van der Waals surface area contributed by atoms with Gasteiger partial charge in [-0.3, -0.25) is 0 Å². The lowest BCUT2D eigenvalue weighted by Crippen LogP contribution is -2.51. The molecule has 2 fully saturated rings. The van der Waals surface area contributed by atoms with Crippen LogP contribution in [0, 0.1) is 11.3 Å². The van der Waals surface area contributed by atoms with Gasteiger partial charge >= 0.3 is 0 Å². The summed E-state index contributed by atoms with van der Waals surface area (Å²) in [5.41, 5.74) is 0.447.